The van der Waals surface area contributed by atoms with Gasteiger partial charge in [-0.25, -0.2) is 23.8 Å². The Hall–Kier alpha value is -6.01. The highest BCUT2D eigenvalue weighted by Crippen LogP contribution is 2.13. The first-order valence-electron chi connectivity index (χ1n) is 17.9. The zero-order valence-corrected chi connectivity index (χ0v) is 33.2. The molecule has 0 aliphatic heterocycles. The molecular weight excluding hydrogens is 735 g/mol. The topological polar surface area (TPSA) is 186 Å². The number of amides is 2. The summed E-state index contributed by atoms with van der Waals surface area (Å²) in [5, 5.41) is 6.06. The fraction of sp³-hybridized carbons (Fsp3) is 0.286. The van der Waals surface area contributed by atoms with E-state index < -0.39 is 33.8 Å². The second-order valence-electron chi connectivity index (χ2n) is 11.5. The summed E-state index contributed by atoms with van der Waals surface area (Å²) in [5.41, 5.74) is 3.76. The van der Waals surface area contributed by atoms with Crippen LogP contribution in [0.1, 0.15) is 62.8 Å². The molecule has 1 atom stereocenters. The predicted molar refractivity (Wildman–Crippen MR) is 218 cm³/mol. The van der Waals surface area contributed by atoms with Crippen LogP contribution in [-0.2, 0) is 64.1 Å². The van der Waals surface area contributed by atoms with E-state index in [1.54, 1.807) is 61.5 Å². The highest BCUT2D eigenvalue weighted by atomic mass is 32.2. The number of rotatable bonds is 17. The number of ether oxygens (including phenoxy) is 1. The van der Waals surface area contributed by atoms with Gasteiger partial charge in [-0.05, 0) is 47.2 Å². The third kappa shape index (κ3) is 20.4. The molecule has 4 aromatic rings. The average Bonchev–Trinajstić information content (AvgIpc) is 3.22. The quantitative estimate of drug-likeness (QED) is 0.0485. The van der Waals surface area contributed by atoms with E-state index in [2.05, 4.69) is 28.2 Å². The minimum Gasteiger partial charge on any atom is -0.461 e. The van der Waals surface area contributed by atoms with Crippen molar-refractivity contribution in [3.8, 4) is 12.8 Å². The normalized spacial score (nSPS) is 10.6. The van der Waals surface area contributed by atoms with Crippen molar-refractivity contribution in [3.05, 3.63) is 138 Å². The van der Waals surface area contributed by atoms with Crippen molar-refractivity contribution in [2.75, 3.05) is 11.7 Å². The number of carbonyl (C=O) groups is 4. The third-order valence-electron chi connectivity index (χ3n) is 7.26. The molecule has 0 aliphatic rings. The van der Waals surface area contributed by atoms with Crippen LogP contribution < -0.4 is 26.4 Å². The van der Waals surface area contributed by atoms with Gasteiger partial charge in [0.05, 0.1) is 18.0 Å². The van der Waals surface area contributed by atoms with Crippen molar-refractivity contribution in [2.24, 2.45) is 5.84 Å². The number of nitrogens with two attached hydrogens (primary N) is 1. The van der Waals surface area contributed by atoms with Gasteiger partial charge in [0.25, 0.3) is 0 Å². The third-order valence-corrected chi connectivity index (χ3v) is 8.62. The van der Waals surface area contributed by atoms with E-state index in [-0.39, 0.29) is 31.2 Å². The summed E-state index contributed by atoms with van der Waals surface area (Å²) in [6.45, 7) is 7.24. The Balaban J connectivity index is 0.000000822. The van der Waals surface area contributed by atoms with Crippen molar-refractivity contribution in [3.63, 3.8) is 0 Å². The molecule has 0 aliphatic carbocycles. The van der Waals surface area contributed by atoms with E-state index in [0.717, 1.165) is 21.9 Å². The van der Waals surface area contributed by atoms with E-state index in [1.165, 1.54) is 6.92 Å². The van der Waals surface area contributed by atoms with Gasteiger partial charge in [0.2, 0.25) is 21.8 Å². The van der Waals surface area contributed by atoms with Crippen molar-refractivity contribution >= 4 is 39.5 Å². The molecule has 0 fully saturated rings. The number of hydrogen-bond donors (Lipinski definition) is 4. The molecule has 4 aromatic carbocycles. The number of nitrogens with zero attached hydrogens (tertiary/aromatic N) is 1. The van der Waals surface area contributed by atoms with Crippen LogP contribution in [0.2, 0.25) is 0 Å². The Morgan fingerprint density at radius 2 is 1.27 bits per heavy atom. The fourth-order valence-corrected chi connectivity index (χ4v) is 5.97. The van der Waals surface area contributed by atoms with Gasteiger partial charge in [-0.1, -0.05) is 124 Å². The van der Waals surface area contributed by atoms with Crippen LogP contribution >= 0.6 is 0 Å². The van der Waals surface area contributed by atoms with Gasteiger partial charge in [-0.3, -0.25) is 14.4 Å². The molecule has 300 valence electrons. The van der Waals surface area contributed by atoms with E-state index >= 15 is 0 Å². The van der Waals surface area contributed by atoms with Crippen molar-refractivity contribution in [1.29, 1.82) is 0 Å². The van der Waals surface area contributed by atoms with Crippen molar-refractivity contribution < 1.29 is 37.2 Å². The minimum absolute atomic E-state index is 0.154. The molecule has 2 amide bonds. The number of aryl methyl sites for hydroxylation is 1. The minimum atomic E-state index is -3.84. The zero-order chi connectivity index (χ0) is 41.8. The summed E-state index contributed by atoms with van der Waals surface area (Å²) < 4.78 is 33.1. The molecule has 4 rings (SSSR count). The number of anilines is 1. The molecule has 14 heteroatoms. The van der Waals surface area contributed by atoms with Crippen LogP contribution in [0.25, 0.3) is 0 Å². The monoisotopic (exact) mass is 787 g/mol. The second kappa shape index (κ2) is 27.6. The number of hydrazine groups is 1. The predicted octanol–water partition coefficient (Wildman–Crippen LogP) is 5.11. The molecule has 0 saturated heterocycles. The molecule has 0 saturated carbocycles. The molecule has 0 aromatic heterocycles. The summed E-state index contributed by atoms with van der Waals surface area (Å²) in [4.78, 5) is 51.9. The van der Waals surface area contributed by atoms with Crippen LogP contribution in [0.4, 0.5) is 5.69 Å². The molecule has 13 nitrogen and oxygen atoms in total. The molecule has 0 heterocycles. The average molecular weight is 788 g/mol. The number of nitrogens with one attached hydrogen (secondary N) is 3. The summed E-state index contributed by atoms with van der Waals surface area (Å²) in [7, 11) is -3.84. The lowest BCUT2D eigenvalue weighted by molar-refractivity contribution is -0.144. The number of carbonyl (C=O) groups excluding carboxylic acids is 4. The van der Waals surface area contributed by atoms with Gasteiger partial charge in [-0.2, -0.15) is 0 Å². The molecular formula is C42H53N5O8S. The highest BCUT2D eigenvalue weighted by Gasteiger charge is 2.25. The van der Waals surface area contributed by atoms with Crippen molar-refractivity contribution in [1.82, 2.24) is 15.4 Å². The lowest BCUT2D eigenvalue weighted by Crippen LogP contribution is -2.49. The first-order valence-corrected chi connectivity index (χ1v) is 19.6. The zero-order valence-electron chi connectivity index (χ0n) is 32.4. The van der Waals surface area contributed by atoms with Crippen LogP contribution in [0.15, 0.2) is 115 Å². The Morgan fingerprint density at radius 3 is 1.79 bits per heavy atom. The van der Waals surface area contributed by atoms with Gasteiger partial charge in [0.15, 0.2) is 0 Å². The number of hydrogen-bond acceptors (Lipinski definition) is 10. The summed E-state index contributed by atoms with van der Waals surface area (Å²) >= 11 is 0. The maximum atomic E-state index is 13.0. The molecule has 0 unspecified atom stereocenters. The van der Waals surface area contributed by atoms with Gasteiger partial charge < -0.3 is 20.2 Å². The maximum absolute atomic E-state index is 13.0. The standard InChI is InChI=1S/C28H33N5O6S.C10H12O2.C2H6.C2H2/c1-21(34)39-33(29)25-15-12-23(13-16-25)18-30-27(35)19-31-28(36)26(17-14-22-8-4-2-5-9-22)32-40(37,38)20-24-10-6-3-7-11-24;1-2-10(11)12-8-9-6-4-3-5-7-9;2*1-2/h2-13,15-16,26,32H,14,17-20,29H2,1H3,(H,30,35)(H,31,36);3-7H,2,8H2,1H3;1-2H3;1-2H/t26-;;;/m1.../s1. The van der Waals surface area contributed by atoms with Crippen molar-refractivity contribution in [2.45, 2.75) is 71.9 Å². The molecule has 0 radical (unpaired) electrons. The second-order valence-corrected chi connectivity index (χ2v) is 13.3. The van der Waals surface area contributed by atoms with E-state index in [0.29, 0.717) is 30.7 Å². The SMILES string of the molecule is C#C.CC.CC(=O)ON(N)c1ccc(CNC(=O)CNC(=O)[C@@H](CCc2ccccc2)NS(=O)(=O)Cc2ccccc2)cc1.CCC(=O)OCc1ccccc1. The van der Waals surface area contributed by atoms with Crippen LogP contribution in [0.3, 0.4) is 0 Å². The highest BCUT2D eigenvalue weighted by molar-refractivity contribution is 7.88. The Kier molecular flexibility index (Phi) is 23.6. The number of sulfonamides is 1. The van der Waals surface area contributed by atoms with Crippen LogP contribution in [-0.4, -0.2) is 44.8 Å². The first-order chi connectivity index (χ1) is 26.9. The summed E-state index contributed by atoms with van der Waals surface area (Å²) in [5.74, 6) is 3.59. The van der Waals surface area contributed by atoms with Gasteiger partial charge >= 0.3 is 11.9 Å². The molecule has 5 N–H and O–H groups in total. The van der Waals surface area contributed by atoms with Crippen LogP contribution in [0, 0.1) is 12.8 Å². The van der Waals surface area contributed by atoms with E-state index in [9.17, 15) is 27.6 Å². The molecule has 56 heavy (non-hydrogen) atoms. The lowest BCUT2D eigenvalue weighted by atomic mass is 10.1. The smallest absolute Gasteiger partial charge is 0.331 e. The molecule has 0 spiro atoms. The number of terminal acetylenes is 1. The Morgan fingerprint density at radius 1 is 0.750 bits per heavy atom. The summed E-state index contributed by atoms with van der Waals surface area (Å²) in [6, 6.07) is 33.3. The van der Waals surface area contributed by atoms with Gasteiger partial charge in [0, 0.05) is 19.9 Å². The first kappa shape index (κ1) is 48.0. The largest absolute Gasteiger partial charge is 0.461 e. The lowest BCUT2D eigenvalue weighted by Gasteiger charge is -2.19. The fourth-order valence-electron chi connectivity index (χ4n) is 4.60. The van der Waals surface area contributed by atoms with Crippen LogP contribution in [0.5, 0.6) is 0 Å². The Labute approximate surface area is 330 Å². The Bertz CT molecular complexity index is 1860. The van der Waals surface area contributed by atoms with E-state index in [1.807, 2.05) is 74.5 Å². The molecule has 0 bridgehead atoms. The maximum Gasteiger partial charge on any atom is 0.331 e. The van der Waals surface area contributed by atoms with Gasteiger partial charge in [0.1, 0.15) is 12.6 Å². The number of benzene rings is 4. The van der Waals surface area contributed by atoms with E-state index in [4.69, 9.17) is 15.4 Å². The van der Waals surface area contributed by atoms with Gasteiger partial charge in [-0.15, -0.1) is 18.0 Å². The summed E-state index contributed by atoms with van der Waals surface area (Å²) in [6.07, 6.45) is 9.11. The number of esters is 1.